The summed E-state index contributed by atoms with van der Waals surface area (Å²) in [5.74, 6) is 0. The summed E-state index contributed by atoms with van der Waals surface area (Å²) in [7, 11) is 0. The first kappa shape index (κ1) is 24.3. The molecule has 2 atom stereocenters. The minimum absolute atomic E-state index is 0.273. The van der Waals surface area contributed by atoms with Crippen LogP contribution < -0.4 is 10.2 Å². The summed E-state index contributed by atoms with van der Waals surface area (Å²) in [6, 6.07) is 19.9. The molecule has 36 heavy (non-hydrogen) atoms. The highest BCUT2D eigenvalue weighted by atomic mass is 35.5. The fraction of sp³-hybridized carbons (Fsp3) is 0.185. The Morgan fingerprint density at radius 3 is 2.36 bits per heavy atom. The number of aromatic nitrogens is 2. The second-order valence-electron chi connectivity index (χ2n) is 8.68. The van der Waals surface area contributed by atoms with Crippen LogP contribution in [0.25, 0.3) is 5.69 Å². The van der Waals surface area contributed by atoms with Crippen LogP contribution in [0.3, 0.4) is 0 Å². The van der Waals surface area contributed by atoms with E-state index in [0.29, 0.717) is 15.8 Å². The van der Waals surface area contributed by atoms with Crippen molar-refractivity contribution in [2.24, 2.45) is 0 Å². The predicted octanol–water partition coefficient (Wildman–Crippen LogP) is 7.34. The maximum absolute atomic E-state index is 13.4. The fourth-order valence-electron chi connectivity index (χ4n) is 4.86. The summed E-state index contributed by atoms with van der Waals surface area (Å²) in [6.07, 6.45) is -2.70. The van der Waals surface area contributed by atoms with Crippen molar-refractivity contribution in [3.8, 4) is 5.69 Å². The zero-order valence-corrected chi connectivity index (χ0v) is 21.0. The lowest BCUT2D eigenvalue weighted by molar-refractivity contribution is -0.137. The average molecular weight is 527 g/mol. The van der Waals surface area contributed by atoms with Crippen LogP contribution in [0.4, 0.5) is 18.9 Å². The van der Waals surface area contributed by atoms with E-state index in [1.165, 1.54) is 12.1 Å². The number of thiocarbonyl (C=S) groups is 1. The van der Waals surface area contributed by atoms with Gasteiger partial charge in [0.15, 0.2) is 5.11 Å². The van der Waals surface area contributed by atoms with Crippen LogP contribution in [-0.2, 0) is 6.18 Å². The third kappa shape index (κ3) is 4.35. The number of benzene rings is 2. The molecule has 0 bridgehead atoms. The number of rotatable bonds is 4. The molecule has 0 amide bonds. The lowest BCUT2D eigenvalue weighted by Crippen LogP contribution is -2.29. The summed E-state index contributed by atoms with van der Waals surface area (Å²) < 4.78 is 42.1. The van der Waals surface area contributed by atoms with Crippen molar-refractivity contribution < 1.29 is 13.2 Å². The maximum atomic E-state index is 13.4. The zero-order chi connectivity index (χ0) is 25.6. The first-order valence-electron chi connectivity index (χ1n) is 11.3. The topological polar surface area (TPSA) is 33.1 Å². The SMILES string of the molecule is Cc1cc([C@@H]2[C@H](c3ccccn3)NC(=S)N2c2ccc(Cl)cc2)c(C)n1-c1cccc(C(F)(F)F)c1. The van der Waals surface area contributed by atoms with Gasteiger partial charge in [0.2, 0.25) is 0 Å². The molecule has 4 nitrogen and oxygen atoms in total. The molecule has 5 rings (SSSR count). The Balaban J connectivity index is 1.67. The summed E-state index contributed by atoms with van der Waals surface area (Å²) in [5, 5.41) is 4.55. The zero-order valence-electron chi connectivity index (χ0n) is 19.4. The Kier molecular flexibility index (Phi) is 6.26. The maximum Gasteiger partial charge on any atom is 0.416 e. The number of nitrogens with zero attached hydrogens (tertiary/aromatic N) is 3. The van der Waals surface area contributed by atoms with Crippen LogP contribution in [-0.4, -0.2) is 14.7 Å². The van der Waals surface area contributed by atoms with Gasteiger partial charge in [-0.1, -0.05) is 23.7 Å². The van der Waals surface area contributed by atoms with Gasteiger partial charge in [-0.15, -0.1) is 0 Å². The van der Waals surface area contributed by atoms with E-state index in [1.807, 2.05) is 59.7 Å². The Morgan fingerprint density at radius 2 is 1.69 bits per heavy atom. The molecule has 1 saturated heterocycles. The van der Waals surface area contributed by atoms with Crippen molar-refractivity contribution in [2.45, 2.75) is 32.1 Å². The van der Waals surface area contributed by atoms with Crippen LogP contribution in [0, 0.1) is 13.8 Å². The van der Waals surface area contributed by atoms with Crippen LogP contribution in [0.1, 0.15) is 40.3 Å². The molecule has 0 saturated carbocycles. The molecule has 2 aromatic carbocycles. The number of hydrogen-bond acceptors (Lipinski definition) is 2. The van der Waals surface area contributed by atoms with Crippen LogP contribution in [0.5, 0.6) is 0 Å². The molecular weight excluding hydrogens is 505 g/mol. The highest BCUT2D eigenvalue weighted by molar-refractivity contribution is 7.80. The van der Waals surface area contributed by atoms with Crippen molar-refractivity contribution in [3.05, 3.63) is 112 Å². The quantitative estimate of drug-likeness (QED) is 0.282. The Bertz CT molecular complexity index is 1420. The number of halogens is 4. The summed E-state index contributed by atoms with van der Waals surface area (Å²) in [5.41, 5.74) is 4.00. The molecule has 4 aromatic rings. The number of aryl methyl sites for hydroxylation is 1. The van der Waals surface area contributed by atoms with Gasteiger partial charge in [0.1, 0.15) is 0 Å². The molecule has 3 heterocycles. The Hall–Kier alpha value is -3.36. The molecule has 1 N–H and O–H groups in total. The molecular formula is C27H22ClF3N4S. The summed E-state index contributed by atoms with van der Waals surface area (Å²) in [6.45, 7) is 3.80. The number of pyridine rings is 1. The minimum Gasteiger partial charge on any atom is -0.351 e. The average Bonchev–Trinajstić information content (AvgIpc) is 3.35. The van der Waals surface area contributed by atoms with Gasteiger partial charge in [-0.2, -0.15) is 13.2 Å². The summed E-state index contributed by atoms with van der Waals surface area (Å²) >= 11 is 11.9. The molecule has 2 aromatic heterocycles. The van der Waals surface area contributed by atoms with E-state index < -0.39 is 11.7 Å². The van der Waals surface area contributed by atoms with Gasteiger partial charge in [0, 0.05) is 34.0 Å². The fourth-order valence-corrected chi connectivity index (χ4v) is 5.33. The smallest absolute Gasteiger partial charge is 0.351 e. The van der Waals surface area contributed by atoms with Gasteiger partial charge in [-0.05, 0) is 92.3 Å². The van der Waals surface area contributed by atoms with Crippen LogP contribution >= 0.6 is 23.8 Å². The van der Waals surface area contributed by atoms with E-state index in [9.17, 15) is 13.2 Å². The standard InChI is InChI=1S/C27H22ClF3N4S/c1-16-14-22(17(2)34(16)21-7-5-6-18(15-21)27(29,30)31)25-24(23-8-3-4-13-32-23)33-26(36)35(25)20-11-9-19(28)10-12-20/h3-15,24-25H,1-2H3,(H,33,36)/t24-,25+/m0/s1. The second kappa shape index (κ2) is 9.26. The first-order valence-corrected chi connectivity index (χ1v) is 12.1. The van der Waals surface area contributed by atoms with E-state index in [1.54, 1.807) is 24.4 Å². The van der Waals surface area contributed by atoms with Crippen LogP contribution in [0.2, 0.25) is 5.02 Å². The van der Waals surface area contributed by atoms with Crippen molar-refractivity contribution in [2.75, 3.05) is 4.90 Å². The van der Waals surface area contributed by atoms with E-state index >= 15 is 0 Å². The largest absolute Gasteiger partial charge is 0.416 e. The molecule has 1 aliphatic heterocycles. The third-order valence-corrected chi connectivity index (χ3v) is 6.99. The molecule has 1 fully saturated rings. The van der Waals surface area contributed by atoms with E-state index in [0.717, 1.165) is 34.4 Å². The second-order valence-corrected chi connectivity index (χ2v) is 9.51. The highest BCUT2D eigenvalue weighted by Crippen LogP contribution is 2.44. The molecule has 0 spiro atoms. The predicted molar refractivity (Wildman–Crippen MR) is 140 cm³/mol. The number of alkyl halides is 3. The molecule has 9 heteroatoms. The van der Waals surface area contributed by atoms with Crippen LogP contribution in [0.15, 0.2) is 79.0 Å². The Labute approximate surface area is 217 Å². The highest BCUT2D eigenvalue weighted by Gasteiger charge is 2.42. The number of anilines is 1. The molecule has 1 aliphatic rings. The minimum atomic E-state index is -4.43. The lowest BCUT2D eigenvalue weighted by atomic mass is 9.96. The van der Waals surface area contributed by atoms with Gasteiger partial charge >= 0.3 is 6.18 Å². The molecule has 0 unspecified atom stereocenters. The lowest BCUT2D eigenvalue weighted by Gasteiger charge is -2.28. The van der Waals surface area contributed by atoms with E-state index in [2.05, 4.69) is 10.3 Å². The number of nitrogens with one attached hydrogen (secondary N) is 1. The van der Waals surface area contributed by atoms with Gasteiger partial charge in [-0.3, -0.25) is 4.98 Å². The van der Waals surface area contributed by atoms with E-state index in [4.69, 9.17) is 23.8 Å². The Morgan fingerprint density at radius 1 is 0.944 bits per heavy atom. The normalized spacial score (nSPS) is 17.9. The van der Waals surface area contributed by atoms with Gasteiger partial charge < -0.3 is 14.8 Å². The monoisotopic (exact) mass is 526 g/mol. The van der Waals surface area contributed by atoms with Gasteiger partial charge in [0.05, 0.1) is 23.3 Å². The first-order chi connectivity index (χ1) is 17.1. The van der Waals surface area contributed by atoms with Gasteiger partial charge in [-0.25, -0.2) is 0 Å². The van der Waals surface area contributed by atoms with Gasteiger partial charge in [0.25, 0.3) is 0 Å². The van der Waals surface area contributed by atoms with Crippen molar-refractivity contribution in [3.63, 3.8) is 0 Å². The summed E-state index contributed by atoms with van der Waals surface area (Å²) in [4.78, 5) is 6.58. The third-order valence-electron chi connectivity index (χ3n) is 6.42. The molecule has 0 aliphatic carbocycles. The molecule has 184 valence electrons. The van der Waals surface area contributed by atoms with Crippen molar-refractivity contribution in [1.82, 2.24) is 14.9 Å². The van der Waals surface area contributed by atoms with E-state index in [-0.39, 0.29) is 12.1 Å². The number of hydrogen-bond donors (Lipinski definition) is 1. The van der Waals surface area contributed by atoms with Crippen molar-refractivity contribution in [1.29, 1.82) is 0 Å². The van der Waals surface area contributed by atoms with Crippen molar-refractivity contribution >= 4 is 34.6 Å². The molecule has 0 radical (unpaired) electrons.